The summed E-state index contributed by atoms with van der Waals surface area (Å²) >= 11 is 7.39. The fraction of sp³-hybridized carbons (Fsp3) is 0.385. The van der Waals surface area contributed by atoms with Gasteiger partial charge in [-0.3, -0.25) is 0 Å². The molecular weight excluding hydrogens is 284 g/mol. The summed E-state index contributed by atoms with van der Waals surface area (Å²) in [6, 6.07) is 7.34. The summed E-state index contributed by atoms with van der Waals surface area (Å²) in [6.45, 7) is 0.866. The van der Waals surface area contributed by atoms with Crippen LogP contribution in [0.4, 0.5) is 0 Å². The molecule has 1 aliphatic rings. The van der Waals surface area contributed by atoms with Crippen molar-refractivity contribution in [2.24, 2.45) is 0 Å². The normalized spacial score (nSPS) is 18.9. The SMILES string of the molecule is Clc1ccc(-c2nnc(SCC3CCCO3)o2)cc1. The van der Waals surface area contributed by atoms with Gasteiger partial charge < -0.3 is 9.15 Å². The van der Waals surface area contributed by atoms with Crippen LogP contribution in [0, 0.1) is 0 Å². The summed E-state index contributed by atoms with van der Waals surface area (Å²) in [5.41, 5.74) is 0.876. The molecule has 3 rings (SSSR count). The van der Waals surface area contributed by atoms with Crippen LogP contribution in [0.2, 0.25) is 5.02 Å². The summed E-state index contributed by atoms with van der Waals surface area (Å²) < 4.78 is 11.2. The highest BCUT2D eigenvalue weighted by atomic mass is 35.5. The Hall–Kier alpha value is -1.04. The fourth-order valence-corrected chi connectivity index (χ4v) is 2.87. The summed E-state index contributed by atoms with van der Waals surface area (Å²) in [5.74, 6) is 1.38. The molecule has 1 aromatic heterocycles. The molecule has 2 heterocycles. The Kier molecular flexibility index (Phi) is 4.06. The molecule has 1 fully saturated rings. The van der Waals surface area contributed by atoms with Crippen LogP contribution in [0.3, 0.4) is 0 Å². The van der Waals surface area contributed by atoms with Crippen LogP contribution in [0.15, 0.2) is 33.9 Å². The lowest BCUT2D eigenvalue weighted by Gasteiger charge is -2.05. The molecule has 1 unspecified atom stereocenters. The Balaban J connectivity index is 1.63. The predicted octanol–water partition coefficient (Wildman–Crippen LogP) is 3.66. The monoisotopic (exact) mass is 296 g/mol. The largest absolute Gasteiger partial charge is 0.411 e. The van der Waals surface area contributed by atoms with Crippen molar-refractivity contribution in [1.29, 1.82) is 0 Å². The Bertz CT molecular complexity index is 538. The van der Waals surface area contributed by atoms with E-state index in [0.29, 0.717) is 22.2 Å². The van der Waals surface area contributed by atoms with Crippen molar-refractivity contribution in [3.8, 4) is 11.5 Å². The zero-order chi connectivity index (χ0) is 13.1. The maximum absolute atomic E-state index is 5.84. The van der Waals surface area contributed by atoms with E-state index < -0.39 is 0 Å². The number of hydrogen-bond acceptors (Lipinski definition) is 5. The number of halogens is 1. The van der Waals surface area contributed by atoms with Crippen molar-refractivity contribution in [2.75, 3.05) is 12.4 Å². The molecule has 1 aromatic carbocycles. The van der Waals surface area contributed by atoms with E-state index in [1.165, 1.54) is 0 Å². The van der Waals surface area contributed by atoms with E-state index in [-0.39, 0.29) is 0 Å². The summed E-state index contributed by atoms with van der Waals surface area (Å²) in [4.78, 5) is 0. The third-order valence-electron chi connectivity index (χ3n) is 2.91. The smallest absolute Gasteiger partial charge is 0.276 e. The second kappa shape index (κ2) is 5.94. The average Bonchev–Trinajstić information content (AvgIpc) is 3.09. The molecule has 0 aliphatic carbocycles. The van der Waals surface area contributed by atoms with Crippen LogP contribution in [-0.4, -0.2) is 28.7 Å². The molecule has 0 bridgehead atoms. The molecule has 0 radical (unpaired) electrons. The Morgan fingerprint density at radius 2 is 2.11 bits per heavy atom. The zero-order valence-electron chi connectivity index (χ0n) is 10.2. The molecule has 0 amide bonds. The van der Waals surface area contributed by atoms with E-state index in [2.05, 4.69) is 10.2 Å². The highest BCUT2D eigenvalue weighted by Crippen LogP contribution is 2.26. The third-order valence-corrected chi connectivity index (χ3v) is 4.12. The molecule has 1 saturated heterocycles. The first kappa shape index (κ1) is 13.0. The van der Waals surface area contributed by atoms with Gasteiger partial charge in [-0.05, 0) is 37.1 Å². The number of benzene rings is 1. The topological polar surface area (TPSA) is 48.2 Å². The Morgan fingerprint density at radius 3 is 2.84 bits per heavy atom. The van der Waals surface area contributed by atoms with E-state index >= 15 is 0 Å². The highest BCUT2D eigenvalue weighted by Gasteiger charge is 2.17. The van der Waals surface area contributed by atoms with Crippen LogP contribution in [0.1, 0.15) is 12.8 Å². The van der Waals surface area contributed by atoms with Gasteiger partial charge in [0.05, 0.1) is 6.10 Å². The van der Waals surface area contributed by atoms with Crippen LogP contribution < -0.4 is 0 Å². The van der Waals surface area contributed by atoms with Gasteiger partial charge in [0.1, 0.15) is 0 Å². The maximum Gasteiger partial charge on any atom is 0.276 e. The third kappa shape index (κ3) is 3.29. The minimum atomic E-state index is 0.316. The van der Waals surface area contributed by atoms with Crippen LogP contribution in [-0.2, 0) is 4.74 Å². The van der Waals surface area contributed by atoms with E-state index in [0.717, 1.165) is 30.8 Å². The van der Waals surface area contributed by atoms with Crippen molar-refractivity contribution in [3.63, 3.8) is 0 Å². The number of hydrogen-bond donors (Lipinski definition) is 0. The van der Waals surface area contributed by atoms with Gasteiger partial charge in [-0.25, -0.2) is 0 Å². The van der Waals surface area contributed by atoms with Crippen LogP contribution >= 0.6 is 23.4 Å². The van der Waals surface area contributed by atoms with Gasteiger partial charge in [0.2, 0.25) is 5.89 Å². The summed E-state index contributed by atoms with van der Waals surface area (Å²) in [7, 11) is 0. The average molecular weight is 297 g/mol. The van der Waals surface area contributed by atoms with Crippen molar-refractivity contribution >= 4 is 23.4 Å². The van der Waals surface area contributed by atoms with Gasteiger partial charge in [0, 0.05) is 22.9 Å². The van der Waals surface area contributed by atoms with E-state index in [4.69, 9.17) is 20.8 Å². The molecule has 100 valence electrons. The van der Waals surface area contributed by atoms with Crippen molar-refractivity contribution < 1.29 is 9.15 Å². The van der Waals surface area contributed by atoms with E-state index in [9.17, 15) is 0 Å². The minimum Gasteiger partial charge on any atom is -0.411 e. The quantitative estimate of drug-likeness (QED) is 0.806. The van der Waals surface area contributed by atoms with Gasteiger partial charge in [-0.2, -0.15) is 0 Å². The highest BCUT2D eigenvalue weighted by molar-refractivity contribution is 7.99. The number of aromatic nitrogens is 2. The molecule has 1 atom stereocenters. The Morgan fingerprint density at radius 1 is 1.26 bits per heavy atom. The molecule has 6 heteroatoms. The zero-order valence-corrected chi connectivity index (χ0v) is 11.8. The first-order chi connectivity index (χ1) is 9.31. The molecule has 19 heavy (non-hydrogen) atoms. The van der Waals surface area contributed by atoms with Crippen molar-refractivity contribution in [1.82, 2.24) is 10.2 Å². The lowest BCUT2D eigenvalue weighted by molar-refractivity contribution is 0.128. The minimum absolute atomic E-state index is 0.316. The molecule has 1 aliphatic heterocycles. The number of rotatable bonds is 4. The van der Waals surface area contributed by atoms with Crippen LogP contribution in [0.25, 0.3) is 11.5 Å². The van der Waals surface area contributed by atoms with Gasteiger partial charge >= 0.3 is 0 Å². The van der Waals surface area contributed by atoms with Crippen molar-refractivity contribution in [2.45, 2.75) is 24.2 Å². The number of thioether (sulfide) groups is 1. The molecule has 2 aromatic rings. The van der Waals surface area contributed by atoms with E-state index in [1.807, 2.05) is 12.1 Å². The Labute approximate surface area is 120 Å². The van der Waals surface area contributed by atoms with Gasteiger partial charge in [0.15, 0.2) is 0 Å². The number of ether oxygens (including phenoxy) is 1. The second-order valence-electron chi connectivity index (χ2n) is 4.33. The second-order valence-corrected chi connectivity index (χ2v) is 5.73. The first-order valence-corrected chi connectivity index (χ1v) is 7.51. The van der Waals surface area contributed by atoms with Gasteiger partial charge in [-0.1, -0.05) is 23.4 Å². The molecule has 0 N–H and O–H groups in total. The lowest BCUT2D eigenvalue weighted by atomic mass is 10.2. The molecular formula is C13H13ClN2O2S. The molecule has 0 spiro atoms. The van der Waals surface area contributed by atoms with Crippen LogP contribution in [0.5, 0.6) is 0 Å². The first-order valence-electron chi connectivity index (χ1n) is 6.15. The van der Waals surface area contributed by atoms with Crippen molar-refractivity contribution in [3.05, 3.63) is 29.3 Å². The fourth-order valence-electron chi connectivity index (χ4n) is 1.92. The molecule has 4 nitrogen and oxygen atoms in total. The standard InChI is InChI=1S/C13H13ClN2O2S/c14-10-5-3-9(4-6-10)12-15-16-13(18-12)19-8-11-2-1-7-17-11/h3-6,11H,1-2,7-8H2. The summed E-state index contributed by atoms with van der Waals surface area (Å²) in [5, 5.41) is 9.35. The van der Waals surface area contributed by atoms with Gasteiger partial charge in [0.25, 0.3) is 5.22 Å². The maximum atomic E-state index is 5.84. The summed E-state index contributed by atoms with van der Waals surface area (Å²) in [6.07, 6.45) is 2.58. The predicted molar refractivity (Wildman–Crippen MR) is 74.4 cm³/mol. The lowest BCUT2D eigenvalue weighted by Crippen LogP contribution is -2.07. The molecule has 0 saturated carbocycles. The number of nitrogens with zero attached hydrogens (tertiary/aromatic N) is 2. The van der Waals surface area contributed by atoms with E-state index in [1.54, 1.807) is 23.9 Å². The van der Waals surface area contributed by atoms with Gasteiger partial charge in [-0.15, -0.1) is 10.2 Å².